The highest BCUT2D eigenvalue weighted by Crippen LogP contribution is 2.32. The molecule has 5 heteroatoms. The van der Waals surface area contributed by atoms with E-state index < -0.39 is 0 Å². The van der Waals surface area contributed by atoms with Gasteiger partial charge < -0.3 is 10.4 Å². The van der Waals surface area contributed by atoms with Crippen LogP contribution in [-0.4, -0.2) is 41.1 Å². The third-order valence-corrected chi connectivity index (χ3v) is 6.68. The Morgan fingerprint density at radius 1 is 1.04 bits per heavy atom. The fourth-order valence-electron chi connectivity index (χ4n) is 4.10. The van der Waals surface area contributed by atoms with E-state index in [1.54, 1.807) is 23.9 Å². The van der Waals surface area contributed by atoms with Crippen molar-refractivity contribution in [1.82, 2.24) is 10.2 Å². The number of aromatic hydroxyl groups is 1. The highest BCUT2D eigenvalue weighted by atomic mass is 32.2. The number of nitrogens with zero attached hydrogens (tertiary/aromatic N) is 1. The zero-order chi connectivity index (χ0) is 18.1. The molecule has 0 aromatic heterocycles. The summed E-state index contributed by atoms with van der Waals surface area (Å²) >= 11 is 1.61. The van der Waals surface area contributed by atoms with Crippen molar-refractivity contribution in [3.05, 3.63) is 54.1 Å². The summed E-state index contributed by atoms with van der Waals surface area (Å²) in [6.07, 6.45) is 2.38. The summed E-state index contributed by atoms with van der Waals surface area (Å²) in [7, 11) is 0. The first-order valence-corrected chi connectivity index (χ1v) is 10.0. The van der Waals surface area contributed by atoms with Crippen LogP contribution >= 0.6 is 11.8 Å². The molecule has 3 aliphatic heterocycles. The predicted molar refractivity (Wildman–Crippen MR) is 104 cm³/mol. The van der Waals surface area contributed by atoms with Crippen molar-refractivity contribution in [1.29, 1.82) is 0 Å². The summed E-state index contributed by atoms with van der Waals surface area (Å²) in [4.78, 5) is 17.3. The number of hydrogen-bond acceptors (Lipinski definition) is 4. The van der Waals surface area contributed by atoms with Crippen molar-refractivity contribution in [2.45, 2.75) is 41.6 Å². The molecule has 2 bridgehead atoms. The van der Waals surface area contributed by atoms with E-state index in [9.17, 15) is 9.90 Å². The first kappa shape index (κ1) is 17.4. The molecule has 2 aromatic carbocycles. The zero-order valence-corrected chi connectivity index (χ0v) is 15.7. The maximum atomic E-state index is 12.7. The Kier molecular flexibility index (Phi) is 4.92. The van der Waals surface area contributed by atoms with Gasteiger partial charge in [0.15, 0.2) is 0 Å². The number of phenols is 1. The minimum absolute atomic E-state index is 0.0248. The molecule has 26 heavy (non-hydrogen) atoms. The van der Waals surface area contributed by atoms with Crippen LogP contribution in [0.5, 0.6) is 5.75 Å². The van der Waals surface area contributed by atoms with Gasteiger partial charge >= 0.3 is 0 Å². The van der Waals surface area contributed by atoms with E-state index in [1.807, 2.05) is 36.4 Å². The third kappa shape index (κ3) is 3.60. The van der Waals surface area contributed by atoms with Crippen molar-refractivity contribution in [2.75, 3.05) is 13.1 Å². The first-order chi connectivity index (χ1) is 12.6. The second kappa shape index (κ2) is 7.33. The Morgan fingerprint density at radius 2 is 1.62 bits per heavy atom. The summed E-state index contributed by atoms with van der Waals surface area (Å²) < 4.78 is 0. The molecule has 136 valence electrons. The van der Waals surface area contributed by atoms with Gasteiger partial charge in [-0.25, -0.2) is 0 Å². The van der Waals surface area contributed by atoms with Gasteiger partial charge in [0.1, 0.15) is 5.75 Å². The van der Waals surface area contributed by atoms with Gasteiger partial charge in [0.25, 0.3) is 5.91 Å². The molecule has 1 amide bonds. The van der Waals surface area contributed by atoms with E-state index in [-0.39, 0.29) is 17.7 Å². The van der Waals surface area contributed by atoms with Gasteiger partial charge in [-0.3, -0.25) is 9.69 Å². The minimum Gasteiger partial charge on any atom is -0.508 e. The van der Waals surface area contributed by atoms with Gasteiger partial charge in [-0.05, 0) is 87.3 Å². The standard InChI is InChI=1S/C21H24N2O2S/c1-14-20(15-10-12-23(14)13-11-15)22-21(25)16-2-6-18(7-3-16)26-19-8-4-17(24)5-9-19/h2-9,14-15,20,24H,10-13H2,1H3,(H,22,25)/t14-,20-/m0/s1. The van der Waals surface area contributed by atoms with Gasteiger partial charge in [0, 0.05) is 27.4 Å². The number of benzene rings is 2. The molecule has 5 rings (SSSR count). The van der Waals surface area contributed by atoms with E-state index in [0.29, 0.717) is 17.5 Å². The summed E-state index contributed by atoms with van der Waals surface area (Å²) in [5, 5.41) is 12.6. The van der Waals surface area contributed by atoms with E-state index in [0.717, 1.165) is 9.79 Å². The van der Waals surface area contributed by atoms with Crippen molar-refractivity contribution >= 4 is 17.7 Å². The summed E-state index contributed by atoms with van der Waals surface area (Å²) in [6, 6.07) is 15.6. The van der Waals surface area contributed by atoms with Crippen LogP contribution in [0.3, 0.4) is 0 Å². The number of nitrogens with one attached hydrogen (secondary N) is 1. The van der Waals surface area contributed by atoms with Gasteiger partial charge in [-0.2, -0.15) is 0 Å². The Morgan fingerprint density at radius 3 is 2.19 bits per heavy atom. The molecular formula is C21H24N2O2S. The average molecular weight is 369 g/mol. The summed E-state index contributed by atoms with van der Waals surface area (Å²) in [5.74, 6) is 0.906. The molecule has 3 saturated heterocycles. The monoisotopic (exact) mass is 368 g/mol. The molecule has 2 aromatic rings. The van der Waals surface area contributed by atoms with Crippen LogP contribution in [0.15, 0.2) is 58.3 Å². The molecule has 2 N–H and O–H groups in total. The lowest BCUT2D eigenvalue weighted by Gasteiger charge is -2.49. The normalized spacial score (nSPS) is 27.3. The van der Waals surface area contributed by atoms with Crippen molar-refractivity contribution in [2.24, 2.45) is 5.92 Å². The SMILES string of the molecule is C[C@H]1[C@H](NC(=O)c2ccc(Sc3ccc(O)cc3)cc2)C2CCN1CC2. The van der Waals surface area contributed by atoms with Crippen molar-refractivity contribution in [3.63, 3.8) is 0 Å². The number of carbonyl (C=O) groups excluding carboxylic acids is 1. The molecule has 3 fully saturated rings. The molecule has 0 aliphatic carbocycles. The Balaban J connectivity index is 1.40. The highest BCUT2D eigenvalue weighted by Gasteiger charge is 2.40. The van der Waals surface area contributed by atoms with E-state index in [1.165, 1.54) is 25.9 Å². The Hall–Kier alpha value is -1.98. The zero-order valence-electron chi connectivity index (χ0n) is 14.9. The van der Waals surface area contributed by atoms with Crippen LogP contribution in [0.1, 0.15) is 30.1 Å². The topological polar surface area (TPSA) is 52.6 Å². The number of fused-ring (bicyclic) bond motifs is 3. The lowest BCUT2D eigenvalue weighted by atomic mass is 9.79. The molecule has 4 nitrogen and oxygen atoms in total. The van der Waals surface area contributed by atoms with Crippen LogP contribution in [0.2, 0.25) is 0 Å². The molecule has 0 unspecified atom stereocenters. The summed E-state index contributed by atoms with van der Waals surface area (Å²) in [5.41, 5.74) is 0.712. The number of piperidine rings is 3. The quantitative estimate of drug-likeness (QED) is 0.863. The van der Waals surface area contributed by atoms with Crippen LogP contribution in [0.4, 0.5) is 0 Å². The second-order valence-electron chi connectivity index (χ2n) is 7.23. The van der Waals surface area contributed by atoms with E-state index in [4.69, 9.17) is 0 Å². The average Bonchev–Trinajstić information content (AvgIpc) is 2.67. The Labute approximate surface area is 158 Å². The van der Waals surface area contributed by atoms with Crippen LogP contribution in [-0.2, 0) is 0 Å². The van der Waals surface area contributed by atoms with Crippen LogP contribution in [0.25, 0.3) is 0 Å². The lowest BCUT2D eigenvalue weighted by molar-refractivity contribution is 0.0217. The minimum atomic E-state index is 0.0248. The van der Waals surface area contributed by atoms with Crippen LogP contribution in [0, 0.1) is 5.92 Å². The maximum Gasteiger partial charge on any atom is 0.251 e. The summed E-state index contributed by atoms with van der Waals surface area (Å²) in [6.45, 7) is 4.57. The second-order valence-corrected chi connectivity index (χ2v) is 8.38. The molecule has 3 heterocycles. The molecule has 2 atom stereocenters. The van der Waals surface area contributed by atoms with Gasteiger partial charge in [0.2, 0.25) is 0 Å². The first-order valence-electron chi connectivity index (χ1n) is 9.22. The lowest BCUT2D eigenvalue weighted by Crippen LogP contribution is -2.62. The molecule has 0 saturated carbocycles. The maximum absolute atomic E-state index is 12.7. The number of amides is 1. The smallest absolute Gasteiger partial charge is 0.251 e. The predicted octanol–water partition coefficient (Wildman–Crippen LogP) is 3.76. The Bertz CT molecular complexity index is 766. The molecule has 0 radical (unpaired) electrons. The van der Waals surface area contributed by atoms with Crippen molar-refractivity contribution in [3.8, 4) is 5.75 Å². The third-order valence-electron chi connectivity index (χ3n) is 5.66. The highest BCUT2D eigenvalue weighted by molar-refractivity contribution is 7.99. The fourth-order valence-corrected chi connectivity index (χ4v) is 4.92. The van der Waals surface area contributed by atoms with Gasteiger partial charge in [0.05, 0.1) is 0 Å². The number of hydrogen-bond donors (Lipinski definition) is 2. The fraction of sp³-hybridized carbons (Fsp3) is 0.381. The number of carbonyl (C=O) groups is 1. The van der Waals surface area contributed by atoms with Gasteiger partial charge in [-0.1, -0.05) is 11.8 Å². The molecular weight excluding hydrogens is 344 g/mol. The molecule has 3 aliphatic rings. The number of phenolic OH excluding ortho intramolecular Hbond substituents is 1. The van der Waals surface area contributed by atoms with Gasteiger partial charge in [-0.15, -0.1) is 0 Å². The van der Waals surface area contributed by atoms with Crippen molar-refractivity contribution < 1.29 is 9.90 Å². The molecule has 0 spiro atoms. The van der Waals surface area contributed by atoms with Crippen LogP contribution < -0.4 is 5.32 Å². The van der Waals surface area contributed by atoms with E-state index in [2.05, 4.69) is 17.1 Å². The van der Waals surface area contributed by atoms with E-state index >= 15 is 0 Å². The largest absolute Gasteiger partial charge is 0.508 e. The number of rotatable bonds is 4.